The van der Waals surface area contributed by atoms with E-state index in [4.69, 9.17) is 0 Å². The minimum absolute atomic E-state index is 0.589. The van der Waals surface area contributed by atoms with Crippen molar-refractivity contribution < 1.29 is 0 Å². The van der Waals surface area contributed by atoms with Gasteiger partial charge >= 0.3 is 0 Å². The molecule has 0 aromatic carbocycles. The van der Waals surface area contributed by atoms with Crippen LogP contribution in [0.15, 0.2) is 0 Å². The summed E-state index contributed by atoms with van der Waals surface area (Å²) in [6, 6.07) is 1.30. The first kappa shape index (κ1) is 19.9. The molecule has 0 aliphatic rings. The van der Waals surface area contributed by atoms with Crippen molar-refractivity contribution in [1.29, 1.82) is 0 Å². The normalized spacial score (nSPS) is 13.9. The van der Waals surface area contributed by atoms with E-state index in [2.05, 4.69) is 58.7 Å². The number of nitrogens with one attached hydrogen (secondary N) is 1. The SMILES string of the molecule is CCCC(CNC(C)C)N(CCC(C)C)CCC(C)C. The standard InChI is InChI=1S/C18H40N2/c1-8-9-18(14-19-17(6)7)20(12-10-15(2)3)13-11-16(4)5/h15-19H,8-14H2,1-7H3. The summed E-state index contributed by atoms with van der Waals surface area (Å²) < 4.78 is 0. The Morgan fingerprint density at radius 3 is 1.65 bits per heavy atom. The Labute approximate surface area is 128 Å². The van der Waals surface area contributed by atoms with Crippen molar-refractivity contribution in [3.8, 4) is 0 Å². The van der Waals surface area contributed by atoms with E-state index in [1.165, 1.54) is 38.8 Å². The molecule has 0 aliphatic heterocycles. The lowest BCUT2D eigenvalue weighted by atomic mass is 10.0. The Morgan fingerprint density at radius 2 is 1.30 bits per heavy atom. The van der Waals surface area contributed by atoms with Crippen molar-refractivity contribution in [2.24, 2.45) is 11.8 Å². The predicted octanol–water partition coefficient (Wildman–Crippen LogP) is 4.55. The van der Waals surface area contributed by atoms with Gasteiger partial charge in [-0.15, -0.1) is 0 Å². The quantitative estimate of drug-likeness (QED) is 0.566. The second kappa shape index (κ2) is 11.6. The number of hydrogen-bond donors (Lipinski definition) is 1. The van der Waals surface area contributed by atoms with E-state index in [9.17, 15) is 0 Å². The summed E-state index contributed by atoms with van der Waals surface area (Å²) in [5.74, 6) is 1.61. The van der Waals surface area contributed by atoms with Crippen LogP contribution in [-0.2, 0) is 0 Å². The molecule has 2 heteroatoms. The zero-order valence-electron chi connectivity index (χ0n) is 15.2. The molecule has 2 nitrogen and oxygen atoms in total. The summed E-state index contributed by atoms with van der Waals surface area (Å²) in [6.45, 7) is 19.8. The lowest BCUT2D eigenvalue weighted by Gasteiger charge is -2.33. The third kappa shape index (κ3) is 10.7. The second-order valence-corrected chi connectivity index (χ2v) is 7.41. The van der Waals surface area contributed by atoms with Gasteiger partial charge in [-0.25, -0.2) is 0 Å². The molecule has 1 unspecified atom stereocenters. The average Bonchev–Trinajstić information content (AvgIpc) is 2.34. The molecule has 0 bridgehead atoms. The molecular formula is C18H40N2. The minimum Gasteiger partial charge on any atom is -0.313 e. The first-order chi connectivity index (χ1) is 9.36. The van der Waals surface area contributed by atoms with Gasteiger partial charge in [-0.1, -0.05) is 54.9 Å². The van der Waals surface area contributed by atoms with Crippen LogP contribution < -0.4 is 5.32 Å². The maximum Gasteiger partial charge on any atom is 0.0220 e. The molecule has 1 atom stereocenters. The van der Waals surface area contributed by atoms with Crippen molar-refractivity contribution in [3.63, 3.8) is 0 Å². The summed E-state index contributed by atoms with van der Waals surface area (Å²) in [5, 5.41) is 3.64. The molecule has 0 aliphatic carbocycles. The van der Waals surface area contributed by atoms with Crippen molar-refractivity contribution in [2.45, 2.75) is 86.2 Å². The van der Waals surface area contributed by atoms with Crippen molar-refractivity contribution in [1.82, 2.24) is 10.2 Å². The van der Waals surface area contributed by atoms with Crippen LogP contribution in [0.25, 0.3) is 0 Å². The third-order valence-electron chi connectivity index (χ3n) is 3.89. The van der Waals surface area contributed by atoms with Crippen LogP contribution in [0.3, 0.4) is 0 Å². The zero-order chi connectivity index (χ0) is 15.5. The van der Waals surface area contributed by atoms with E-state index in [0.29, 0.717) is 12.1 Å². The Kier molecular flexibility index (Phi) is 11.5. The van der Waals surface area contributed by atoms with Crippen LogP contribution in [0, 0.1) is 11.8 Å². The summed E-state index contributed by atoms with van der Waals surface area (Å²) in [7, 11) is 0. The van der Waals surface area contributed by atoms with Gasteiger partial charge in [-0.05, 0) is 44.2 Å². The predicted molar refractivity (Wildman–Crippen MR) is 92.3 cm³/mol. The molecule has 0 fully saturated rings. The highest BCUT2D eigenvalue weighted by Crippen LogP contribution is 2.13. The van der Waals surface area contributed by atoms with Gasteiger partial charge < -0.3 is 5.32 Å². The average molecular weight is 285 g/mol. The minimum atomic E-state index is 0.589. The van der Waals surface area contributed by atoms with Crippen LogP contribution in [0.2, 0.25) is 0 Å². The molecule has 0 amide bonds. The molecule has 122 valence electrons. The lowest BCUT2D eigenvalue weighted by Crippen LogP contribution is -2.45. The van der Waals surface area contributed by atoms with Gasteiger partial charge in [0.1, 0.15) is 0 Å². The molecule has 1 N–H and O–H groups in total. The van der Waals surface area contributed by atoms with E-state index < -0.39 is 0 Å². The Balaban J connectivity index is 4.51. The zero-order valence-corrected chi connectivity index (χ0v) is 15.2. The summed E-state index contributed by atoms with van der Waals surface area (Å²) >= 11 is 0. The Bertz CT molecular complexity index is 199. The number of rotatable bonds is 12. The first-order valence-corrected chi connectivity index (χ1v) is 8.84. The third-order valence-corrected chi connectivity index (χ3v) is 3.89. The molecule has 20 heavy (non-hydrogen) atoms. The fraction of sp³-hybridized carbons (Fsp3) is 1.00. The molecule has 0 radical (unpaired) electrons. The topological polar surface area (TPSA) is 15.3 Å². The van der Waals surface area contributed by atoms with Gasteiger partial charge in [-0.2, -0.15) is 0 Å². The fourth-order valence-corrected chi connectivity index (χ4v) is 2.44. The molecule has 0 rings (SSSR count). The fourth-order valence-electron chi connectivity index (χ4n) is 2.44. The maximum atomic E-state index is 3.64. The molecular weight excluding hydrogens is 244 g/mol. The van der Waals surface area contributed by atoms with Crippen LogP contribution >= 0.6 is 0 Å². The van der Waals surface area contributed by atoms with Crippen LogP contribution in [0.5, 0.6) is 0 Å². The maximum absolute atomic E-state index is 3.64. The van der Waals surface area contributed by atoms with Gasteiger partial charge in [0.25, 0.3) is 0 Å². The Morgan fingerprint density at radius 1 is 0.800 bits per heavy atom. The summed E-state index contributed by atoms with van der Waals surface area (Å²) in [6.07, 6.45) is 5.24. The molecule has 0 saturated carbocycles. The highest BCUT2D eigenvalue weighted by Gasteiger charge is 2.18. The van der Waals surface area contributed by atoms with E-state index in [-0.39, 0.29) is 0 Å². The molecule has 0 heterocycles. The highest BCUT2D eigenvalue weighted by atomic mass is 15.2. The highest BCUT2D eigenvalue weighted by molar-refractivity contribution is 4.76. The van der Waals surface area contributed by atoms with Crippen LogP contribution in [0.1, 0.15) is 74.1 Å². The van der Waals surface area contributed by atoms with Crippen molar-refractivity contribution in [3.05, 3.63) is 0 Å². The molecule has 0 aromatic rings. The monoisotopic (exact) mass is 284 g/mol. The van der Waals surface area contributed by atoms with Crippen LogP contribution in [-0.4, -0.2) is 36.6 Å². The van der Waals surface area contributed by atoms with Gasteiger partial charge in [0.2, 0.25) is 0 Å². The van der Waals surface area contributed by atoms with Crippen LogP contribution in [0.4, 0.5) is 0 Å². The molecule has 0 saturated heterocycles. The lowest BCUT2D eigenvalue weighted by molar-refractivity contribution is 0.162. The first-order valence-electron chi connectivity index (χ1n) is 8.84. The molecule has 0 spiro atoms. The summed E-state index contributed by atoms with van der Waals surface area (Å²) in [5.41, 5.74) is 0. The number of hydrogen-bond acceptors (Lipinski definition) is 2. The van der Waals surface area contributed by atoms with E-state index in [0.717, 1.165) is 18.4 Å². The van der Waals surface area contributed by atoms with Crippen molar-refractivity contribution in [2.75, 3.05) is 19.6 Å². The van der Waals surface area contributed by atoms with Gasteiger partial charge in [-0.3, -0.25) is 4.90 Å². The van der Waals surface area contributed by atoms with Crippen molar-refractivity contribution >= 4 is 0 Å². The van der Waals surface area contributed by atoms with Gasteiger partial charge in [0.05, 0.1) is 0 Å². The van der Waals surface area contributed by atoms with E-state index in [1.54, 1.807) is 0 Å². The second-order valence-electron chi connectivity index (χ2n) is 7.41. The molecule has 0 aromatic heterocycles. The largest absolute Gasteiger partial charge is 0.313 e. The van der Waals surface area contributed by atoms with Gasteiger partial charge in [0, 0.05) is 18.6 Å². The van der Waals surface area contributed by atoms with E-state index in [1.807, 2.05) is 0 Å². The van der Waals surface area contributed by atoms with E-state index >= 15 is 0 Å². The summed E-state index contributed by atoms with van der Waals surface area (Å²) in [4.78, 5) is 2.75. The smallest absolute Gasteiger partial charge is 0.0220 e. The number of nitrogens with zero attached hydrogens (tertiary/aromatic N) is 1. The van der Waals surface area contributed by atoms with Gasteiger partial charge in [0.15, 0.2) is 0 Å². The Hall–Kier alpha value is -0.0800.